The first-order valence-electron chi connectivity index (χ1n) is 3.60. The van der Waals surface area contributed by atoms with E-state index in [2.05, 4.69) is 9.98 Å². The molecule has 0 fully saturated rings. The van der Waals surface area contributed by atoms with Crippen LogP contribution < -0.4 is 0 Å². The zero-order chi connectivity index (χ0) is 7.84. The van der Waals surface area contributed by atoms with Crippen molar-refractivity contribution in [3.63, 3.8) is 0 Å². The Labute approximate surface area is 66.8 Å². The first-order valence-corrected chi connectivity index (χ1v) is 5.24. The third-order valence-corrected chi connectivity index (χ3v) is 3.57. The highest BCUT2D eigenvalue weighted by atomic mass is 28.2. The maximum Gasteiger partial charge on any atom is 0.254 e. The zero-order valence-corrected chi connectivity index (χ0v) is 7.68. The van der Waals surface area contributed by atoms with Crippen LogP contribution in [-0.2, 0) is 4.79 Å². The summed E-state index contributed by atoms with van der Waals surface area (Å²) < 4.78 is 0. The summed E-state index contributed by atoms with van der Waals surface area (Å²) in [5.41, 5.74) is 0.221. The first-order chi connectivity index (χ1) is 5.29. The average molecular weight is 167 g/mol. The summed E-state index contributed by atoms with van der Waals surface area (Å²) in [5.74, 6) is 2.01. The van der Waals surface area contributed by atoms with Gasteiger partial charge >= 0.3 is 0 Å². The van der Waals surface area contributed by atoms with Crippen molar-refractivity contribution in [3.8, 4) is 0 Å². The highest BCUT2D eigenvalue weighted by Gasteiger charge is 2.34. The molecule has 0 aromatic rings. The Morgan fingerprint density at radius 1 is 1.64 bits per heavy atom. The van der Waals surface area contributed by atoms with Gasteiger partial charge in [0.15, 0.2) is 0 Å². The fraction of sp³-hybridized carbons (Fsp3) is 0.500. The lowest BCUT2D eigenvalue weighted by molar-refractivity contribution is -0.127. The number of amides is 1. The molecule has 11 heavy (non-hydrogen) atoms. The van der Waals surface area contributed by atoms with E-state index < -0.39 is 0 Å². The minimum atomic E-state index is -0.342. The van der Waals surface area contributed by atoms with Crippen LogP contribution in [0.25, 0.3) is 0 Å². The second-order valence-electron chi connectivity index (χ2n) is 2.79. The van der Waals surface area contributed by atoms with Gasteiger partial charge in [-0.25, -0.2) is 0 Å². The highest BCUT2D eigenvalue weighted by Crippen LogP contribution is 2.13. The zero-order valence-electron chi connectivity index (χ0n) is 6.27. The Morgan fingerprint density at radius 3 is 3.27 bits per heavy atom. The quantitative estimate of drug-likeness (QED) is 0.400. The lowest BCUT2D eigenvalue weighted by Crippen LogP contribution is -2.44. The van der Waals surface area contributed by atoms with E-state index in [1.165, 1.54) is 4.90 Å². The minimum absolute atomic E-state index is 0.0891. The van der Waals surface area contributed by atoms with E-state index in [9.17, 15) is 4.79 Å². The molecule has 0 aromatic carbocycles. The number of hydrogen-bond donors (Lipinski definition) is 0. The Balaban J connectivity index is 2.30. The molecule has 0 aliphatic carbocycles. The fourth-order valence-corrected chi connectivity index (χ4v) is 2.69. The number of aliphatic imine (C=N–C) groups is 2. The van der Waals surface area contributed by atoms with Crippen molar-refractivity contribution in [1.29, 1.82) is 0 Å². The molecule has 5 heteroatoms. The Hall–Kier alpha value is -0.973. The Morgan fingerprint density at radius 2 is 2.45 bits per heavy atom. The van der Waals surface area contributed by atoms with Gasteiger partial charge in [0.25, 0.3) is 5.91 Å². The van der Waals surface area contributed by atoms with Crippen molar-refractivity contribution < 1.29 is 4.79 Å². The molecule has 2 heterocycles. The molecule has 1 amide bonds. The second-order valence-corrected chi connectivity index (χ2v) is 4.47. The molecule has 2 aliphatic rings. The SMILES string of the molecule is CN1C=NC2[SiH2]C=NC2C1=O. The maximum absolute atomic E-state index is 11.3. The van der Waals surface area contributed by atoms with Crippen molar-refractivity contribution in [2.75, 3.05) is 7.05 Å². The lowest BCUT2D eigenvalue weighted by atomic mass is 10.2. The second kappa shape index (κ2) is 2.26. The number of rotatable bonds is 0. The van der Waals surface area contributed by atoms with Crippen LogP contribution in [0.4, 0.5) is 0 Å². The molecule has 0 saturated heterocycles. The van der Waals surface area contributed by atoms with Crippen LogP contribution in [0.1, 0.15) is 0 Å². The molecule has 58 valence electrons. The van der Waals surface area contributed by atoms with Crippen LogP contribution in [0.15, 0.2) is 9.98 Å². The summed E-state index contributed by atoms with van der Waals surface area (Å²) in [7, 11) is 1.38. The number of carbonyl (C=O) groups excluding carboxylic acids is 1. The summed E-state index contributed by atoms with van der Waals surface area (Å²) in [6.45, 7) is 0. The van der Waals surface area contributed by atoms with Gasteiger partial charge in [0.05, 0.1) is 12.0 Å². The molecule has 0 N–H and O–H groups in total. The van der Waals surface area contributed by atoms with Gasteiger partial charge in [-0.15, -0.1) is 0 Å². The van der Waals surface area contributed by atoms with Gasteiger partial charge in [-0.3, -0.25) is 14.8 Å². The van der Waals surface area contributed by atoms with Crippen molar-refractivity contribution in [3.05, 3.63) is 0 Å². The van der Waals surface area contributed by atoms with Crippen molar-refractivity contribution >= 4 is 27.6 Å². The van der Waals surface area contributed by atoms with E-state index in [0.717, 1.165) is 0 Å². The van der Waals surface area contributed by atoms with Crippen LogP contribution >= 0.6 is 0 Å². The van der Waals surface area contributed by atoms with Gasteiger partial charge in [-0.2, -0.15) is 0 Å². The van der Waals surface area contributed by atoms with Crippen molar-refractivity contribution in [1.82, 2.24) is 4.90 Å². The standard InChI is InChI=1S/C6H9N3OSi/c1-9-2-7-5-4(6(9)10)8-3-11-5/h2-5H,11H2,1H3. The molecule has 0 radical (unpaired) electrons. The van der Waals surface area contributed by atoms with Gasteiger partial charge in [0, 0.05) is 7.05 Å². The van der Waals surface area contributed by atoms with Crippen LogP contribution in [-0.4, -0.2) is 51.3 Å². The van der Waals surface area contributed by atoms with E-state index >= 15 is 0 Å². The number of likely N-dealkylation sites (N-methyl/N-ethyl adjacent to an activating group) is 1. The van der Waals surface area contributed by atoms with E-state index in [0.29, 0.717) is 0 Å². The third-order valence-electron chi connectivity index (χ3n) is 2.01. The lowest BCUT2D eigenvalue weighted by Gasteiger charge is -2.23. The topological polar surface area (TPSA) is 45.0 Å². The monoisotopic (exact) mass is 167 g/mol. The van der Waals surface area contributed by atoms with Gasteiger partial charge in [-0.05, 0) is 5.84 Å². The number of nitrogens with zero attached hydrogens (tertiary/aromatic N) is 3. The normalized spacial score (nSPS) is 36.8. The van der Waals surface area contributed by atoms with Crippen LogP contribution in [0.2, 0.25) is 0 Å². The molecule has 2 rings (SSSR count). The third kappa shape index (κ3) is 0.919. The number of fused-ring (bicyclic) bond motifs is 1. The molecule has 0 bridgehead atoms. The van der Waals surface area contributed by atoms with Crippen LogP contribution in [0, 0.1) is 0 Å². The average Bonchev–Trinajstić information content (AvgIpc) is 2.45. The molecule has 2 aliphatic heterocycles. The van der Waals surface area contributed by atoms with Crippen LogP contribution in [0.3, 0.4) is 0 Å². The van der Waals surface area contributed by atoms with Crippen molar-refractivity contribution in [2.24, 2.45) is 9.98 Å². The van der Waals surface area contributed by atoms with Gasteiger partial charge in [0.2, 0.25) is 0 Å². The molecule has 4 nitrogen and oxygen atoms in total. The predicted octanol–water partition coefficient (Wildman–Crippen LogP) is -1.61. The highest BCUT2D eigenvalue weighted by molar-refractivity contribution is 6.71. The Kier molecular flexibility index (Phi) is 1.38. The summed E-state index contributed by atoms with van der Waals surface area (Å²) in [6, 6.07) is -0.170. The number of carbonyl (C=O) groups is 1. The summed E-state index contributed by atoms with van der Waals surface area (Å²) in [6.07, 6.45) is 1.62. The molecular formula is C6H9N3OSi. The molecule has 2 unspecified atom stereocenters. The number of hydrogen-bond acceptors (Lipinski definition) is 3. The molecule has 0 aromatic heterocycles. The van der Waals surface area contributed by atoms with E-state index in [-0.39, 0.29) is 27.1 Å². The van der Waals surface area contributed by atoms with Crippen molar-refractivity contribution in [2.45, 2.75) is 11.7 Å². The minimum Gasteiger partial charge on any atom is -0.304 e. The fourth-order valence-electron chi connectivity index (χ4n) is 1.33. The van der Waals surface area contributed by atoms with E-state index in [4.69, 9.17) is 0 Å². The maximum atomic E-state index is 11.3. The predicted molar refractivity (Wildman–Crippen MR) is 45.9 cm³/mol. The summed E-state index contributed by atoms with van der Waals surface area (Å²) in [5, 5.41) is 0. The summed E-state index contributed by atoms with van der Waals surface area (Å²) >= 11 is 0. The van der Waals surface area contributed by atoms with Gasteiger partial charge in [-0.1, -0.05) is 0 Å². The molecule has 0 saturated carbocycles. The Bertz CT molecular complexity index is 250. The summed E-state index contributed by atoms with van der Waals surface area (Å²) in [4.78, 5) is 21.2. The van der Waals surface area contributed by atoms with E-state index in [1.807, 2.05) is 5.84 Å². The first kappa shape index (κ1) is 6.72. The molecule has 2 atom stereocenters. The van der Waals surface area contributed by atoms with Gasteiger partial charge in [0.1, 0.15) is 15.6 Å². The smallest absolute Gasteiger partial charge is 0.254 e. The van der Waals surface area contributed by atoms with E-state index in [1.54, 1.807) is 13.4 Å². The molecular weight excluding hydrogens is 158 g/mol. The largest absolute Gasteiger partial charge is 0.304 e. The van der Waals surface area contributed by atoms with Crippen LogP contribution in [0.5, 0.6) is 0 Å². The van der Waals surface area contributed by atoms with Gasteiger partial charge < -0.3 is 4.90 Å². The molecule has 0 spiro atoms.